The van der Waals surface area contributed by atoms with Crippen molar-refractivity contribution in [1.29, 1.82) is 0 Å². The number of carbonyl (C=O) groups is 1. The molecule has 9 heteroatoms. The van der Waals surface area contributed by atoms with Crippen molar-refractivity contribution in [3.05, 3.63) is 53.6 Å². The Morgan fingerprint density at radius 2 is 1.85 bits per heavy atom. The van der Waals surface area contributed by atoms with E-state index in [0.29, 0.717) is 18.9 Å². The van der Waals surface area contributed by atoms with Gasteiger partial charge in [-0.05, 0) is 50.1 Å². The zero-order valence-electron chi connectivity index (χ0n) is 19.8. The zero-order valence-corrected chi connectivity index (χ0v) is 20.6. The van der Waals surface area contributed by atoms with Gasteiger partial charge in [-0.1, -0.05) is 24.6 Å². The number of hydrogen-bond donors (Lipinski definition) is 2. The molecule has 3 rings (SSSR count). The highest BCUT2D eigenvalue weighted by Crippen LogP contribution is 2.27. The van der Waals surface area contributed by atoms with E-state index in [4.69, 9.17) is 9.47 Å². The fourth-order valence-electron chi connectivity index (χ4n) is 3.66. The number of anilines is 1. The van der Waals surface area contributed by atoms with Gasteiger partial charge in [0.05, 0.1) is 16.6 Å². The summed E-state index contributed by atoms with van der Waals surface area (Å²) in [5.41, 5.74) is 1.54. The Morgan fingerprint density at radius 1 is 1.15 bits per heavy atom. The van der Waals surface area contributed by atoms with E-state index < -0.39 is 10.0 Å². The summed E-state index contributed by atoms with van der Waals surface area (Å²) in [7, 11) is -0.455. The second kappa shape index (κ2) is 10.5. The molecular formula is C24H33N3O5S. The molecule has 0 aliphatic carbocycles. The summed E-state index contributed by atoms with van der Waals surface area (Å²) in [6.45, 7) is 7.47. The van der Waals surface area contributed by atoms with Gasteiger partial charge in [-0.25, -0.2) is 8.42 Å². The lowest BCUT2D eigenvalue weighted by molar-refractivity contribution is 0.0281. The molecule has 0 radical (unpaired) electrons. The van der Waals surface area contributed by atoms with Gasteiger partial charge in [0.25, 0.3) is 15.9 Å². The highest BCUT2D eigenvalue weighted by molar-refractivity contribution is 7.92. The number of benzene rings is 2. The average Bonchev–Trinajstić information content (AvgIpc) is 2.78. The smallest absolute Gasteiger partial charge is 0.261 e. The number of fused-ring (bicyclic) bond motifs is 1. The molecule has 0 aromatic heterocycles. The number of carbonyl (C=O) groups excluding carboxylic acids is 1. The first-order valence-electron chi connectivity index (χ1n) is 11.0. The summed E-state index contributed by atoms with van der Waals surface area (Å²) in [4.78, 5) is 15.1. The number of sulfonamides is 1. The molecule has 1 heterocycles. The second-order valence-electron chi connectivity index (χ2n) is 8.69. The average molecular weight is 476 g/mol. The van der Waals surface area contributed by atoms with E-state index >= 15 is 0 Å². The maximum atomic E-state index is 13.3. The predicted molar refractivity (Wildman–Crippen MR) is 128 cm³/mol. The fraction of sp³-hybridized carbons (Fsp3) is 0.458. The van der Waals surface area contributed by atoms with Gasteiger partial charge in [-0.3, -0.25) is 9.52 Å². The monoisotopic (exact) mass is 475 g/mol. The first-order valence-corrected chi connectivity index (χ1v) is 12.5. The standard InChI is InChI=1S/C24H33N3O5S/c1-16-6-9-20(10-7-16)33(29,30)26-19-8-11-22-21(12-19)24(28)27(4)14-23(31-5)17(2)13-25-18(3)15-32-22/h6-12,17-18,23,25-26H,13-15H2,1-5H3/t17-,18+,23+/m0/s1. The molecule has 1 amide bonds. The molecule has 8 nitrogen and oxygen atoms in total. The van der Waals surface area contributed by atoms with Gasteiger partial charge in [0.15, 0.2) is 0 Å². The Labute approximate surface area is 196 Å². The number of likely N-dealkylation sites (N-methyl/N-ethyl adjacent to an activating group) is 1. The minimum Gasteiger partial charge on any atom is -0.491 e. The van der Waals surface area contributed by atoms with E-state index in [1.165, 1.54) is 6.07 Å². The highest BCUT2D eigenvalue weighted by Gasteiger charge is 2.26. The third kappa shape index (κ3) is 6.25. The first kappa shape index (κ1) is 25.0. The number of methoxy groups -OCH3 is 1. The molecule has 2 aromatic rings. The van der Waals surface area contributed by atoms with E-state index in [-0.39, 0.29) is 40.1 Å². The lowest BCUT2D eigenvalue weighted by Gasteiger charge is -2.30. The quantitative estimate of drug-likeness (QED) is 0.706. The summed E-state index contributed by atoms with van der Waals surface area (Å²) in [6.07, 6.45) is -0.148. The summed E-state index contributed by atoms with van der Waals surface area (Å²) in [5.74, 6) is 0.317. The van der Waals surface area contributed by atoms with Crippen molar-refractivity contribution in [2.75, 3.05) is 38.6 Å². The Kier molecular flexibility index (Phi) is 7.99. The molecule has 0 unspecified atom stereocenters. The minimum absolute atomic E-state index is 0.0600. The molecule has 180 valence electrons. The third-order valence-corrected chi connectivity index (χ3v) is 7.21. The van der Waals surface area contributed by atoms with Crippen LogP contribution in [0.25, 0.3) is 0 Å². The molecule has 0 saturated carbocycles. The Balaban J connectivity index is 1.93. The van der Waals surface area contributed by atoms with E-state index in [9.17, 15) is 13.2 Å². The van der Waals surface area contributed by atoms with Crippen molar-refractivity contribution in [2.45, 2.75) is 37.8 Å². The molecule has 2 N–H and O–H groups in total. The first-order chi connectivity index (χ1) is 15.6. The van der Waals surface area contributed by atoms with Crippen molar-refractivity contribution < 1.29 is 22.7 Å². The largest absolute Gasteiger partial charge is 0.491 e. The number of nitrogens with zero attached hydrogens (tertiary/aromatic N) is 1. The minimum atomic E-state index is -3.80. The van der Waals surface area contributed by atoms with Gasteiger partial charge in [0, 0.05) is 39.0 Å². The van der Waals surface area contributed by atoms with E-state index in [1.807, 2.05) is 13.8 Å². The van der Waals surface area contributed by atoms with Crippen LogP contribution in [-0.2, 0) is 14.8 Å². The van der Waals surface area contributed by atoms with Crippen LogP contribution < -0.4 is 14.8 Å². The molecule has 0 fully saturated rings. The molecule has 0 bridgehead atoms. The molecule has 0 saturated heterocycles. The lowest BCUT2D eigenvalue weighted by Crippen LogP contribution is -2.44. The van der Waals surface area contributed by atoms with Gasteiger partial charge in [0.1, 0.15) is 12.4 Å². The predicted octanol–water partition coefficient (Wildman–Crippen LogP) is 2.89. The van der Waals surface area contributed by atoms with Crippen LogP contribution in [0.15, 0.2) is 47.4 Å². The zero-order chi connectivity index (χ0) is 24.2. The maximum absolute atomic E-state index is 13.3. The van der Waals surface area contributed by atoms with Crippen LogP contribution in [0, 0.1) is 12.8 Å². The second-order valence-corrected chi connectivity index (χ2v) is 10.4. The SMILES string of the molecule is CO[C@@H]1CN(C)C(=O)c2cc(NS(=O)(=O)c3ccc(C)cc3)ccc2OC[C@@H](C)NC[C@@H]1C. The highest BCUT2D eigenvalue weighted by atomic mass is 32.2. The van der Waals surface area contributed by atoms with E-state index in [0.717, 1.165) is 12.1 Å². The van der Waals surface area contributed by atoms with Gasteiger partial charge in [0.2, 0.25) is 0 Å². The number of amides is 1. The number of nitrogens with one attached hydrogen (secondary N) is 2. The van der Waals surface area contributed by atoms with Crippen LogP contribution in [0.5, 0.6) is 5.75 Å². The summed E-state index contributed by atoms with van der Waals surface area (Å²) >= 11 is 0. The lowest BCUT2D eigenvalue weighted by atomic mass is 10.0. The summed E-state index contributed by atoms with van der Waals surface area (Å²) in [5, 5.41) is 3.44. The van der Waals surface area contributed by atoms with Crippen molar-refractivity contribution >= 4 is 21.6 Å². The van der Waals surface area contributed by atoms with Crippen LogP contribution in [0.3, 0.4) is 0 Å². The number of rotatable bonds is 4. The molecule has 1 aliphatic rings. The van der Waals surface area contributed by atoms with Gasteiger partial charge < -0.3 is 19.7 Å². The normalized spacial score (nSPS) is 22.5. The Morgan fingerprint density at radius 3 is 2.52 bits per heavy atom. The van der Waals surface area contributed by atoms with Gasteiger partial charge >= 0.3 is 0 Å². The summed E-state index contributed by atoms with van der Waals surface area (Å²) < 4.78 is 39.8. The van der Waals surface area contributed by atoms with Crippen LogP contribution in [0.4, 0.5) is 5.69 Å². The molecule has 1 aliphatic heterocycles. The topological polar surface area (TPSA) is 97.0 Å². The fourth-order valence-corrected chi connectivity index (χ4v) is 4.70. The Hall–Kier alpha value is -2.62. The van der Waals surface area contributed by atoms with Crippen molar-refractivity contribution in [3.63, 3.8) is 0 Å². The number of aryl methyl sites for hydroxylation is 1. The maximum Gasteiger partial charge on any atom is 0.261 e. The van der Waals surface area contributed by atoms with Crippen LogP contribution in [0.2, 0.25) is 0 Å². The third-order valence-electron chi connectivity index (χ3n) is 5.81. The van der Waals surface area contributed by atoms with Gasteiger partial charge in [-0.2, -0.15) is 0 Å². The van der Waals surface area contributed by atoms with E-state index in [1.54, 1.807) is 55.5 Å². The molecule has 3 atom stereocenters. The van der Waals surface area contributed by atoms with Crippen LogP contribution >= 0.6 is 0 Å². The molecule has 2 aromatic carbocycles. The molecule has 0 spiro atoms. The Bertz CT molecular complexity index is 1070. The number of hydrogen-bond acceptors (Lipinski definition) is 6. The van der Waals surface area contributed by atoms with Gasteiger partial charge in [-0.15, -0.1) is 0 Å². The van der Waals surface area contributed by atoms with Crippen LogP contribution in [-0.4, -0.2) is 65.2 Å². The van der Waals surface area contributed by atoms with Crippen LogP contribution in [0.1, 0.15) is 29.8 Å². The van der Waals surface area contributed by atoms with Crippen molar-refractivity contribution in [2.24, 2.45) is 5.92 Å². The van der Waals surface area contributed by atoms with Crippen molar-refractivity contribution in [1.82, 2.24) is 10.2 Å². The molecular weight excluding hydrogens is 442 g/mol. The molecule has 33 heavy (non-hydrogen) atoms. The summed E-state index contributed by atoms with van der Waals surface area (Å²) in [6, 6.07) is 11.4. The number of ether oxygens (including phenoxy) is 2. The van der Waals surface area contributed by atoms with E-state index in [2.05, 4.69) is 17.0 Å². The van der Waals surface area contributed by atoms with Crippen molar-refractivity contribution in [3.8, 4) is 5.75 Å².